The van der Waals surface area contributed by atoms with Crippen LogP contribution in [0.15, 0.2) is 12.5 Å². The van der Waals surface area contributed by atoms with Crippen LogP contribution in [0.3, 0.4) is 0 Å². The predicted octanol–water partition coefficient (Wildman–Crippen LogP) is -6.01. The second-order valence-corrected chi connectivity index (χ2v) is 14.2. The number of imidazole rings is 1. The van der Waals surface area contributed by atoms with Crippen LogP contribution in [0.25, 0.3) is 0 Å². The van der Waals surface area contributed by atoms with E-state index in [2.05, 4.69) is 52.5 Å². The van der Waals surface area contributed by atoms with E-state index in [0.717, 1.165) is 6.42 Å². The summed E-state index contributed by atoms with van der Waals surface area (Å²) < 4.78 is 0. The summed E-state index contributed by atoms with van der Waals surface area (Å²) in [5.41, 5.74) is 0.349. The zero-order chi connectivity index (χ0) is 43.0. The van der Waals surface area contributed by atoms with Crippen molar-refractivity contribution in [3.63, 3.8) is 0 Å². The van der Waals surface area contributed by atoms with Crippen LogP contribution in [0, 0.1) is 5.92 Å². The van der Waals surface area contributed by atoms with Crippen LogP contribution in [0.2, 0.25) is 0 Å². The molecule has 2 heterocycles. The van der Waals surface area contributed by atoms with E-state index in [1.165, 1.54) is 33.3 Å². The third-order valence-electron chi connectivity index (χ3n) is 8.82. The largest absolute Gasteiger partial charge is 0.480 e. The highest BCUT2D eigenvalue weighted by Crippen LogP contribution is 2.09. The molecule has 320 valence electrons. The van der Waals surface area contributed by atoms with Crippen molar-refractivity contribution >= 4 is 47.3 Å². The number of carbonyl (C=O) groups excluding carboxylic acids is 7. The van der Waals surface area contributed by atoms with E-state index in [1.807, 2.05) is 0 Å². The van der Waals surface area contributed by atoms with Gasteiger partial charge in [0.05, 0.1) is 37.8 Å². The predicted molar refractivity (Wildman–Crippen MR) is 197 cm³/mol. The van der Waals surface area contributed by atoms with Crippen molar-refractivity contribution in [1.82, 2.24) is 52.5 Å². The van der Waals surface area contributed by atoms with Crippen molar-refractivity contribution in [2.75, 3.05) is 19.8 Å². The topological polar surface area (TPSA) is 363 Å². The molecule has 1 aliphatic rings. The van der Waals surface area contributed by atoms with Crippen molar-refractivity contribution in [2.45, 2.75) is 121 Å². The van der Waals surface area contributed by atoms with E-state index in [0.29, 0.717) is 18.7 Å². The van der Waals surface area contributed by atoms with Gasteiger partial charge >= 0.3 is 5.97 Å². The number of carboxylic acids is 1. The lowest BCUT2D eigenvalue weighted by Crippen LogP contribution is -2.62. The monoisotopic (exact) mass is 812 g/mol. The summed E-state index contributed by atoms with van der Waals surface area (Å²) in [7, 11) is 0. The molecule has 0 unspecified atom stereocenters. The van der Waals surface area contributed by atoms with Crippen molar-refractivity contribution < 1.29 is 63.9 Å². The number of carboxylic acid groups (broad SMARTS) is 1. The molecular weight excluding hydrogens is 756 g/mol. The fourth-order valence-electron chi connectivity index (χ4n) is 5.61. The molecule has 0 aromatic carbocycles. The second-order valence-electron chi connectivity index (χ2n) is 14.2. The minimum Gasteiger partial charge on any atom is -0.480 e. The molecule has 0 saturated carbocycles. The molecule has 0 spiro atoms. The Bertz CT molecular complexity index is 1540. The normalized spacial score (nSPS) is 18.6. The van der Waals surface area contributed by atoms with E-state index in [9.17, 15) is 63.9 Å². The van der Waals surface area contributed by atoms with Gasteiger partial charge in [-0.2, -0.15) is 0 Å². The zero-order valence-corrected chi connectivity index (χ0v) is 32.4. The van der Waals surface area contributed by atoms with E-state index in [4.69, 9.17) is 0 Å². The van der Waals surface area contributed by atoms with E-state index < -0.39 is 121 Å². The van der Waals surface area contributed by atoms with Gasteiger partial charge in [0, 0.05) is 18.3 Å². The maximum atomic E-state index is 13.4. The minimum absolute atomic E-state index is 0.0214. The van der Waals surface area contributed by atoms with Gasteiger partial charge in [0.2, 0.25) is 41.4 Å². The van der Waals surface area contributed by atoms with Crippen LogP contribution in [-0.2, 0) is 44.8 Å². The second kappa shape index (κ2) is 23.1. The molecule has 23 nitrogen and oxygen atoms in total. The van der Waals surface area contributed by atoms with Gasteiger partial charge in [-0.25, -0.2) is 9.78 Å². The molecule has 14 N–H and O–H groups in total. The Hall–Kier alpha value is -5.23. The number of aliphatic hydroxyl groups excluding tert-OH is 4. The van der Waals surface area contributed by atoms with Crippen molar-refractivity contribution in [1.29, 1.82) is 0 Å². The van der Waals surface area contributed by atoms with Gasteiger partial charge in [-0.1, -0.05) is 13.8 Å². The van der Waals surface area contributed by atoms with Crippen LogP contribution in [0.4, 0.5) is 0 Å². The van der Waals surface area contributed by atoms with Gasteiger partial charge in [-0.05, 0) is 52.5 Å². The number of rotatable bonds is 23. The Morgan fingerprint density at radius 3 is 1.74 bits per heavy atom. The van der Waals surface area contributed by atoms with Gasteiger partial charge < -0.3 is 73.1 Å². The summed E-state index contributed by atoms with van der Waals surface area (Å²) in [5, 5.41) is 68.4. The number of nitrogens with one attached hydrogen (secondary N) is 9. The third-order valence-corrected chi connectivity index (χ3v) is 8.82. The van der Waals surface area contributed by atoms with Crippen LogP contribution in [0.1, 0.15) is 59.6 Å². The van der Waals surface area contributed by atoms with E-state index in [-0.39, 0.29) is 18.8 Å². The maximum absolute atomic E-state index is 13.4. The van der Waals surface area contributed by atoms with Crippen molar-refractivity contribution in [3.8, 4) is 0 Å². The fourth-order valence-corrected chi connectivity index (χ4v) is 5.61. The highest BCUT2D eigenvalue weighted by Gasteiger charge is 2.36. The maximum Gasteiger partial charge on any atom is 0.328 e. The Morgan fingerprint density at radius 2 is 1.23 bits per heavy atom. The molecule has 1 aromatic heterocycles. The number of carbonyl (C=O) groups is 8. The first kappa shape index (κ1) is 47.9. The average Bonchev–Trinajstić information content (AvgIpc) is 3.88. The van der Waals surface area contributed by atoms with Crippen molar-refractivity contribution in [3.05, 3.63) is 18.2 Å². The molecule has 10 atom stereocenters. The first-order valence-corrected chi connectivity index (χ1v) is 18.4. The number of amides is 7. The Balaban J connectivity index is 2.12. The molecule has 23 heteroatoms. The quantitative estimate of drug-likeness (QED) is 0.0489. The van der Waals surface area contributed by atoms with Gasteiger partial charge in [0.25, 0.3) is 0 Å². The smallest absolute Gasteiger partial charge is 0.328 e. The number of H-pyrrole nitrogens is 1. The molecule has 1 fully saturated rings. The van der Waals surface area contributed by atoms with Gasteiger partial charge in [-0.3, -0.25) is 33.6 Å². The molecule has 7 amide bonds. The Morgan fingerprint density at radius 1 is 0.702 bits per heavy atom. The average molecular weight is 813 g/mol. The zero-order valence-electron chi connectivity index (χ0n) is 32.4. The molecule has 2 rings (SSSR count). The lowest BCUT2D eigenvalue weighted by Gasteiger charge is -2.29. The molecule has 57 heavy (non-hydrogen) atoms. The molecule has 0 radical (unpaired) electrons. The molecule has 0 bridgehead atoms. The highest BCUT2D eigenvalue weighted by molar-refractivity contribution is 5.97. The summed E-state index contributed by atoms with van der Waals surface area (Å²) in [6.07, 6.45) is 0.785. The molecule has 0 aliphatic carbocycles. The van der Waals surface area contributed by atoms with Crippen molar-refractivity contribution in [2.24, 2.45) is 5.92 Å². The number of nitrogens with zero attached hydrogens (tertiary/aromatic N) is 1. The first-order chi connectivity index (χ1) is 26.8. The number of hydrogen-bond donors (Lipinski definition) is 14. The summed E-state index contributed by atoms with van der Waals surface area (Å²) >= 11 is 0. The number of aromatic nitrogens is 2. The van der Waals surface area contributed by atoms with Gasteiger partial charge in [-0.15, -0.1) is 0 Å². The number of aliphatic hydroxyl groups is 4. The lowest BCUT2D eigenvalue weighted by molar-refractivity contribution is -0.143. The van der Waals surface area contributed by atoms with E-state index >= 15 is 0 Å². The van der Waals surface area contributed by atoms with Gasteiger partial charge in [0.1, 0.15) is 42.3 Å². The van der Waals surface area contributed by atoms with Crippen LogP contribution >= 0.6 is 0 Å². The lowest BCUT2D eigenvalue weighted by atomic mass is 10.0. The highest BCUT2D eigenvalue weighted by atomic mass is 16.4. The summed E-state index contributed by atoms with van der Waals surface area (Å²) in [6, 6.07) is -11.2. The minimum atomic E-state index is -1.70. The van der Waals surface area contributed by atoms with Crippen LogP contribution in [0.5, 0.6) is 0 Å². The molecule has 1 saturated heterocycles. The summed E-state index contributed by atoms with van der Waals surface area (Å²) in [5.74, 6) is -8.17. The summed E-state index contributed by atoms with van der Waals surface area (Å²) in [6.45, 7) is 5.86. The standard InChI is InChI=1S/C34H56N10O13/c1-15(2)9-21(40-32(54)25(17(4)47)44-33(55)26(18(5)48)43-28(50)20-7-6-8-36-20)29(51)38-16(3)27(49)41-23(12-45)31(53)39-22(10-19-11-35-14-37-19)30(52)42-24(13-46)34(56)57/h11,14-18,20-26,36,45-48H,6-10,12-13H2,1-5H3,(H,35,37)(H,38,51)(H,39,53)(H,40,54)(H,41,49)(H,42,52)(H,43,50)(H,44,55)(H,56,57)/t16-,17+,18+,20-,21-,22-,23-,24-,25-,26-/m0/s1. The molecule has 1 aliphatic heterocycles. The molecule has 1 aromatic rings. The third kappa shape index (κ3) is 15.3. The Labute approximate surface area is 328 Å². The molecular formula is C34H56N10O13. The van der Waals surface area contributed by atoms with Crippen LogP contribution in [-0.4, -0.2) is 163 Å². The fraction of sp³-hybridized carbons (Fsp3) is 0.676. The number of hydrogen-bond acceptors (Lipinski definition) is 14. The number of aliphatic carboxylic acids is 1. The number of aromatic amines is 1. The first-order valence-electron chi connectivity index (χ1n) is 18.4. The van der Waals surface area contributed by atoms with Gasteiger partial charge in [0.15, 0.2) is 0 Å². The van der Waals surface area contributed by atoms with Crippen LogP contribution < -0.4 is 42.5 Å². The Kier molecular flexibility index (Phi) is 19.4. The summed E-state index contributed by atoms with van der Waals surface area (Å²) in [4.78, 5) is 110. The van der Waals surface area contributed by atoms with E-state index in [1.54, 1.807) is 13.8 Å². The SMILES string of the molecule is CC(C)C[C@H](NC(=O)[C@@H](NC(=O)[C@@H](NC(=O)[C@@H]1CCCN1)[C@@H](C)O)[C@@H](C)O)C(=O)N[C@@H](C)C(=O)N[C@@H](CO)C(=O)N[C@@H](Cc1cnc[nH]1)C(=O)N[C@@H](CO)C(=O)O.